The van der Waals surface area contributed by atoms with Crippen molar-refractivity contribution in [3.8, 4) is 17.2 Å². The molecule has 0 saturated heterocycles. The van der Waals surface area contributed by atoms with E-state index in [1.54, 1.807) is 43.5 Å². The predicted molar refractivity (Wildman–Crippen MR) is 125 cm³/mol. The zero-order valence-electron chi connectivity index (χ0n) is 18.2. The molecule has 2 heterocycles. The zero-order valence-corrected chi connectivity index (χ0v) is 18.2. The number of nitrogens with zero attached hydrogens (tertiary/aromatic N) is 1. The van der Waals surface area contributed by atoms with Crippen LogP contribution in [0, 0.1) is 0 Å². The van der Waals surface area contributed by atoms with E-state index in [-0.39, 0.29) is 18.0 Å². The summed E-state index contributed by atoms with van der Waals surface area (Å²) in [4.78, 5) is 25.2. The minimum absolute atomic E-state index is 0.118. The fraction of sp³-hybridized carbons (Fsp3) is 0.111. The Hall–Kier alpha value is -4.32. The third kappa shape index (κ3) is 3.99. The molecule has 0 fully saturated rings. The van der Waals surface area contributed by atoms with Crippen LogP contribution >= 0.6 is 0 Å². The summed E-state index contributed by atoms with van der Waals surface area (Å²) in [6.07, 6.45) is 3.83. The Balaban J connectivity index is 1.33. The van der Waals surface area contributed by atoms with Crippen LogP contribution in [0.4, 0.5) is 0 Å². The van der Waals surface area contributed by atoms with Crippen LogP contribution in [0.15, 0.2) is 78.7 Å². The average Bonchev–Trinajstić information content (AvgIpc) is 3.30. The topological polar surface area (TPSA) is 66.8 Å². The van der Waals surface area contributed by atoms with Crippen molar-refractivity contribution >= 4 is 28.7 Å². The molecule has 0 bridgehead atoms. The molecule has 6 nitrogen and oxygen atoms in total. The van der Waals surface area contributed by atoms with Crippen LogP contribution in [0.1, 0.15) is 21.5 Å². The number of hydrogen-bond donors (Lipinski definition) is 0. The van der Waals surface area contributed by atoms with Crippen LogP contribution < -0.4 is 14.2 Å². The molecular weight excluding hydrogens is 418 g/mol. The molecule has 5 rings (SSSR count). The summed E-state index contributed by atoms with van der Waals surface area (Å²) in [5, 5.41) is 1.04. The van der Waals surface area contributed by atoms with Gasteiger partial charge in [-0.2, -0.15) is 0 Å². The molecule has 1 aromatic heterocycles. The second-order valence-electron chi connectivity index (χ2n) is 7.81. The maximum atomic E-state index is 12.9. The number of methoxy groups -OCH3 is 1. The summed E-state index contributed by atoms with van der Waals surface area (Å²) < 4.78 is 18.4. The Kier molecular flexibility index (Phi) is 5.18. The van der Waals surface area contributed by atoms with Crippen molar-refractivity contribution in [2.24, 2.45) is 7.05 Å². The first-order valence-electron chi connectivity index (χ1n) is 10.5. The van der Waals surface area contributed by atoms with E-state index in [9.17, 15) is 9.59 Å². The first-order valence-corrected chi connectivity index (χ1v) is 10.5. The smallest absolute Gasteiger partial charge is 0.315 e. The van der Waals surface area contributed by atoms with Crippen molar-refractivity contribution in [1.82, 2.24) is 4.57 Å². The Morgan fingerprint density at radius 1 is 1.03 bits per heavy atom. The van der Waals surface area contributed by atoms with Crippen LogP contribution in [0.3, 0.4) is 0 Å². The van der Waals surface area contributed by atoms with E-state index in [0.717, 1.165) is 27.8 Å². The second-order valence-corrected chi connectivity index (χ2v) is 7.81. The number of hydrogen-bond acceptors (Lipinski definition) is 5. The van der Waals surface area contributed by atoms with E-state index in [0.29, 0.717) is 17.1 Å². The van der Waals surface area contributed by atoms with E-state index < -0.39 is 5.97 Å². The molecule has 0 saturated carbocycles. The number of allylic oxidation sites excluding steroid dienone is 1. The van der Waals surface area contributed by atoms with Gasteiger partial charge in [0, 0.05) is 35.8 Å². The lowest BCUT2D eigenvalue weighted by Gasteiger charge is -2.06. The zero-order chi connectivity index (χ0) is 22.9. The number of carbonyl (C=O) groups is 2. The number of ketones is 1. The van der Waals surface area contributed by atoms with Crippen molar-refractivity contribution in [3.05, 3.63) is 95.4 Å². The third-order valence-electron chi connectivity index (χ3n) is 5.59. The van der Waals surface area contributed by atoms with E-state index >= 15 is 0 Å². The summed E-state index contributed by atoms with van der Waals surface area (Å²) in [6, 6.07) is 20.0. The van der Waals surface area contributed by atoms with Gasteiger partial charge in [0.1, 0.15) is 17.2 Å². The number of ether oxygens (including phenoxy) is 3. The molecule has 4 aromatic rings. The van der Waals surface area contributed by atoms with Gasteiger partial charge in [-0.1, -0.05) is 30.3 Å². The maximum absolute atomic E-state index is 12.9. The third-order valence-corrected chi connectivity index (χ3v) is 5.59. The molecule has 0 aliphatic carbocycles. The molecule has 1 aliphatic rings. The Morgan fingerprint density at radius 2 is 1.79 bits per heavy atom. The normalized spacial score (nSPS) is 13.8. The van der Waals surface area contributed by atoms with Gasteiger partial charge in [0.25, 0.3) is 0 Å². The van der Waals surface area contributed by atoms with E-state index in [1.165, 1.54) is 0 Å². The van der Waals surface area contributed by atoms with Gasteiger partial charge < -0.3 is 18.8 Å². The number of aromatic nitrogens is 1. The van der Waals surface area contributed by atoms with Crippen molar-refractivity contribution < 1.29 is 23.8 Å². The molecule has 3 aromatic carbocycles. The Bertz CT molecular complexity index is 1410. The molecule has 0 radical (unpaired) electrons. The van der Waals surface area contributed by atoms with Crippen LogP contribution in [-0.4, -0.2) is 23.4 Å². The van der Waals surface area contributed by atoms with Crippen LogP contribution in [0.5, 0.6) is 17.2 Å². The minimum atomic E-state index is -0.407. The van der Waals surface area contributed by atoms with Crippen LogP contribution in [-0.2, 0) is 18.3 Å². The number of benzene rings is 3. The first kappa shape index (κ1) is 20.6. The lowest BCUT2D eigenvalue weighted by molar-refractivity contribution is -0.133. The van der Waals surface area contributed by atoms with E-state index in [2.05, 4.69) is 0 Å². The van der Waals surface area contributed by atoms with E-state index in [4.69, 9.17) is 14.2 Å². The SMILES string of the molecule is COc1ccc(CC(=O)Oc2ccc3c(c2)O/C(=C\c2cn(C)c4ccccc24)C3=O)cc1. The lowest BCUT2D eigenvalue weighted by atomic mass is 10.1. The molecule has 6 heteroatoms. The largest absolute Gasteiger partial charge is 0.497 e. The van der Waals surface area contributed by atoms with Crippen molar-refractivity contribution in [2.45, 2.75) is 6.42 Å². The number of rotatable bonds is 5. The maximum Gasteiger partial charge on any atom is 0.315 e. The fourth-order valence-electron chi connectivity index (χ4n) is 3.94. The van der Waals surface area contributed by atoms with Gasteiger partial charge in [-0.3, -0.25) is 9.59 Å². The molecule has 0 atom stereocenters. The molecule has 0 spiro atoms. The summed E-state index contributed by atoms with van der Waals surface area (Å²) >= 11 is 0. The van der Waals surface area contributed by atoms with Crippen molar-refractivity contribution in [3.63, 3.8) is 0 Å². The Morgan fingerprint density at radius 3 is 2.58 bits per heavy atom. The molecule has 0 N–H and O–H groups in total. The molecule has 0 amide bonds. The van der Waals surface area contributed by atoms with Gasteiger partial charge >= 0.3 is 5.97 Å². The summed E-state index contributed by atoms with van der Waals surface area (Å²) in [5.74, 6) is 1.06. The highest BCUT2D eigenvalue weighted by molar-refractivity contribution is 6.15. The van der Waals surface area contributed by atoms with Gasteiger partial charge in [0.2, 0.25) is 5.78 Å². The summed E-state index contributed by atoms with van der Waals surface area (Å²) in [5.41, 5.74) is 3.22. The number of fused-ring (bicyclic) bond motifs is 2. The predicted octanol–water partition coefficient (Wildman–Crippen LogP) is 4.95. The van der Waals surface area contributed by atoms with Gasteiger partial charge in [-0.15, -0.1) is 0 Å². The molecule has 33 heavy (non-hydrogen) atoms. The van der Waals surface area contributed by atoms with Crippen molar-refractivity contribution in [2.75, 3.05) is 7.11 Å². The second kappa shape index (κ2) is 8.31. The standard InChI is InChI=1S/C27H21NO5/c1-28-16-18(21-5-3-4-6-23(21)28)14-25-27(30)22-12-11-20(15-24(22)33-25)32-26(29)13-17-7-9-19(31-2)10-8-17/h3-12,14-16H,13H2,1-2H3/b25-14-. The number of Topliss-reactive ketones (excluding diaryl/α,β-unsaturated/α-hetero) is 1. The van der Waals surface area contributed by atoms with E-state index in [1.807, 2.05) is 54.2 Å². The highest BCUT2D eigenvalue weighted by Gasteiger charge is 2.28. The highest BCUT2D eigenvalue weighted by Crippen LogP contribution is 2.36. The lowest BCUT2D eigenvalue weighted by Crippen LogP contribution is -2.11. The van der Waals surface area contributed by atoms with Gasteiger partial charge in [0.05, 0.1) is 19.1 Å². The molecule has 0 unspecified atom stereocenters. The summed E-state index contributed by atoms with van der Waals surface area (Å²) in [7, 11) is 3.55. The molecular formula is C27H21NO5. The number of carbonyl (C=O) groups excluding carboxylic acids is 2. The Labute approximate surface area is 190 Å². The first-order chi connectivity index (χ1) is 16.0. The van der Waals surface area contributed by atoms with Crippen molar-refractivity contribution in [1.29, 1.82) is 0 Å². The molecule has 1 aliphatic heterocycles. The van der Waals surface area contributed by atoms with Crippen LogP contribution in [0.25, 0.3) is 17.0 Å². The quantitative estimate of drug-likeness (QED) is 0.250. The van der Waals surface area contributed by atoms with Gasteiger partial charge in [-0.25, -0.2) is 0 Å². The minimum Gasteiger partial charge on any atom is -0.497 e. The van der Waals surface area contributed by atoms with Gasteiger partial charge in [0.15, 0.2) is 5.76 Å². The van der Waals surface area contributed by atoms with Crippen LogP contribution in [0.2, 0.25) is 0 Å². The number of para-hydroxylation sites is 1. The highest BCUT2D eigenvalue weighted by atomic mass is 16.5. The fourth-order valence-corrected chi connectivity index (χ4v) is 3.94. The summed E-state index contributed by atoms with van der Waals surface area (Å²) in [6.45, 7) is 0. The number of esters is 1. The monoisotopic (exact) mass is 439 g/mol. The average molecular weight is 439 g/mol. The number of aryl methyl sites for hydroxylation is 1. The van der Waals surface area contributed by atoms with Gasteiger partial charge in [-0.05, 0) is 42.0 Å². The molecule has 164 valence electrons.